The number of benzene rings is 2. The van der Waals surface area contributed by atoms with E-state index in [2.05, 4.69) is 4.98 Å². The van der Waals surface area contributed by atoms with Gasteiger partial charge in [0.2, 0.25) is 0 Å². The van der Waals surface area contributed by atoms with E-state index in [-0.39, 0.29) is 5.69 Å². The molecule has 0 unspecified atom stereocenters. The van der Waals surface area contributed by atoms with Crippen molar-refractivity contribution in [1.29, 1.82) is 0 Å². The maximum atomic E-state index is 14.1. The number of methoxy groups -OCH3 is 1. The van der Waals surface area contributed by atoms with Crippen LogP contribution in [0.15, 0.2) is 36.4 Å². The minimum Gasteiger partial charge on any atom is -0.494 e. The summed E-state index contributed by atoms with van der Waals surface area (Å²) < 4.78 is 21.3. The van der Waals surface area contributed by atoms with Crippen molar-refractivity contribution in [3.8, 4) is 11.4 Å². The summed E-state index contributed by atoms with van der Waals surface area (Å²) >= 11 is 11.4. The summed E-state index contributed by atoms with van der Waals surface area (Å²) in [6.07, 6.45) is 0. The number of H-pyrrole nitrogens is 1. The van der Waals surface area contributed by atoms with Gasteiger partial charge in [0.1, 0.15) is 22.8 Å². The van der Waals surface area contributed by atoms with Crippen LogP contribution in [0.3, 0.4) is 0 Å². The number of halogens is 2. The molecule has 0 atom stereocenters. The molecule has 0 amide bonds. The van der Waals surface area contributed by atoms with Crippen LogP contribution in [0.5, 0.6) is 5.75 Å². The van der Waals surface area contributed by atoms with Gasteiger partial charge in [-0.25, -0.2) is 4.39 Å². The predicted molar refractivity (Wildman–Crippen MR) is 80.0 cm³/mol. The highest BCUT2D eigenvalue weighted by molar-refractivity contribution is 7.71. The van der Waals surface area contributed by atoms with Crippen molar-refractivity contribution in [2.75, 3.05) is 7.11 Å². The number of nitrogens with one attached hydrogen (secondary N) is 1. The molecule has 0 aliphatic heterocycles. The van der Waals surface area contributed by atoms with Crippen LogP contribution >= 0.6 is 23.8 Å². The lowest BCUT2D eigenvalue weighted by Crippen LogP contribution is -1.98. The van der Waals surface area contributed by atoms with Crippen LogP contribution in [0.2, 0.25) is 5.02 Å². The molecular weight excluding hydrogens is 299 g/mol. The molecule has 3 rings (SSSR count). The van der Waals surface area contributed by atoms with Gasteiger partial charge in [-0.3, -0.25) is 4.57 Å². The summed E-state index contributed by atoms with van der Waals surface area (Å²) in [6, 6.07) is 9.98. The van der Waals surface area contributed by atoms with Gasteiger partial charge < -0.3 is 9.72 Å². The number of imidazole rings is 1. The Morgan fingerprint density at radius 1 is 1.25 bits per heavy atom. The molecule has 3 aromatic rings. The number of nitrogens with zero attached hydrogens (tertiary/aromatic N) is 1. The van der Waals surface area contributed by atoms with E-state index in [0.29, 0.717) is 26.6 Å². The fourth-order valence-corrected chi connectivity index (χ4v) is 2.74. The lowest BCUT2D eigenvalue weighted by atomic mass is 10.2. The average Bonchev–Trinajstić information content (AvgIpc) is 2.75. The van der Waals surface area contributed by atoms with E-state index in [1.165, 1.54) is 6.07 Å². The Morgan fingerprint density at radius 3 is 2.70 bits per heavy atom. The first-order chi connectivity index (χ1) is 9.63. The Hall–Kier alpha value is -1.85. The molecule has 20 heavy (non-hydrogen) atoms. The van der Waals surface area contributed by atoms with Gasteiger partial charge in [0.05, 0.1) is 17.6 Å². The van der Waals surface area contributed by atoms with Crippen LogP contribution in [0.4, 0.5) is 4.39 Å². The molecule has 1 N–H and O–H groups in total. The molecule has 0 fully saturated rings. The largest absolute Gasteiger partial charge is 0.494 e. The quantitative estimate of drug-likeness (QED) is 0.707. The summed E-state index contributed by atoms with van der Waals surface area (Å²) in [6.45, 7) is 0. The number of fused-ring (bicyclic) bond motifs is 1. The Kier molecular flexibility index (Phi) is 3.23. The van der Waals surface area contributed by atoms with E-state index in [1.807, 2.05) is 12.1 Å². The predicted octanol–water partition coefficient (Wildman–Crippen LogP) is 4.49. The zero-order valence-corrected chi connectivity index (χ0v) is 12.1. The zero-order valence-electron chi connectivity index (χ0n) is 10.5. The van der Waals surface area contributed by atoms with Gasteiger partial charge in [0.15, 0.2) is 4.77 Å². The van der Waals surface area contributed by atoms with E-state index in [4.69, 9.17) is 28.6 Å². The average molecular weight is 309 g/mol. The van der Waals surface area contributed by atoms with E-state index < -0.39 is 5.82 Å². The van der Waals surface area contributed by atoms with E-state index in [0.717, 1.165) is 0 Å². The minimum atomic E-state index is -0.433. The number of rotatable bonds is 2. The Bertz CT molecular complexity index is 836. The molecule has 1 aromatic heterocycles. The second-order valence-corrected chi connectivity index (χ2v) is 4.98. The zero-order chi connectivity index (χ0) is 14.3. The van der Waals surface area contributed by atoms with Crippen molar-refractivity contribution in [3.63, 3.8) is 0 Å². The molecule has 6 heteroatoms. The van der Waals surface area contributed by atoms with Gasteiger partial charge in [-0.2, -0.15) is 0 Å². The first kappa shape index (κ1) is 13.1. The Balaban J connectivity index is 2.44. The van der Waals surface area contributed by atoms with E-state index in [9.17, 15) is 4.39 Å². The molecule has 0 radical (unpaired) electrons. The molecular formula is C14H10ClFN2OS. The monoisotopic (exact) mass is 308 g/mol. The van der Waals surface area contributed by atoms with Crippen molar-refractivity contribution in [1.82, 2.24) is 9.55 Å². The van der Waals surface area contributed by atoms with Gasteiger partial charge in [-0.15, -0.1) is 0 Å². The van der Waals surface area contributed by atoms with Crippen molar-refractivity contribution < 1.29 is 9.13 Å². The lowest BCUT2D eigenvalue weighted by molar-refractivity contribution is 0.419. The van der Waals surface area contributed by atoms with Crippen LogP contribution in [0.25, 0.3) is 16.7 Å². The SMILES string of the molecule is COc1cccc2c1[nH]c(=S)n2-c1c(F)cccc1Cl. The van der Waals surface area contributed by atoms with Gasteiger partial charge in [0, 0.05) is 0 Å². The second-order valence-electron chi connectivity index (χ2n) is 4.19. The Labute approximate surface area is 124 Å². The maximum Gasteiger partial charge on any atom is 0.183 e. The van der Waals surface area contributed by atoms with Crippen LogP contribution in [0, 0.1) is 10.6 Å². The van der Waals surface area contributed by atoms with Gasteiger partial charge in [-0.1, -0.05) is 23.7 Å². The van der Waals surface area contributed by atoms with E-state index >= 15 is 0 Å². The molecule has 3 nitrogen and oxygen atoms in total. The van der Waals surface area contributed by atoms with Gasteiger partial charge in [0.25, 0.3) is 0 Å². The van der Waals surface area contributed by atoms with Gasteiger partial charge >= 0.3 is 0 Å². The summed E-state index contributed by atoms with van der Waals surface area (Å²) in [5, 5.41) is 0.296. The number of aromatic amines is 1. The van der Waals surface area contributed by atoms with Crippen LogP contribution in [0.1, 0.15) is 0 Å². The number of hydrogen-bond acceptors (Lipinski definition) is 2. The molecule has 0 bridgehead atoms. The molecule has 0 saturated carbocycles. The third-order valence-electron chi connectivity index (χ3n) is 3.06. The third kappa shape index (κ3) is 1.90. The van der Waals surface area contributed by atoms with Crippen molar-refractivity contribution in [3.05, 3.63) is 52.0 Å². The molecule has 0 saturated heterocycles. The second kappa shape index (κ2) is 4.92. The summed E-state index contributed by atoms with van der Waals surface area (Å²) in [4.78, 5) is 3.03. The van der Waals surface area contributed by atoms with Crippen molar-refractivity contribution in [2.24, 2.45) is 0 Å². The lowest BCUT2D eigenvalue weighted by Gasteiger charge is -2.08. The highest BCUT2D eigenvalue weighted by Gasteiger charge is 2.15. The number of hydrogen-bond donors (Lipinski definition) is 1. The van der Waals surface area contributed by atoms with Crippen LogP contribution in [-0.4, -0.2) is 16.7 Å². The fourth-order valence-electron chi connectivity index (χ4n) is 2.20. The first-order valence-corrected chi connectivity index (χ1v) is 6.64. The van der Waals surface area contributed by atoms with Gasteiger partial charge in [-0.05, 0) is 36.5 Å². The summed E-state index contributed by atoms with van der Waals surface area (Å²) in [7, 11) is 1.57. The molecule has 102 valence electrons. The number of ether oxygens (including phenoxy) is 1. The fraction of sp³-hybridized carbons (Fsp3) is 0.0714. The minimum absolute atomic E-state index is 0.235. The van der Waals surface area contributed by atoms with E-state index in [1.54, 1.807) is 29.9 Å². The standard InChI is InChI=1S/C14H10ClFN2OS/c1-19-11-7-3-6-10-12(11)17-14(20)18(10)13-8(15)4-2-5-9(13)16/h2-7H,1H3,(H,17,20). The third-order valence-corrected chi connectivity index (χ3v) is 3.65. The molecule has 0 spiro atoms. The van der Waals surface area contributed by atoms with Crippen molar-refractivity contribution >= 4 is 34.9 Å². The normalized spacial score (nSPS) is 10.9. The topological polar surface area (TPSA) is 29.9 Å². The summed E-state index contributed by atoms with van der Waals surface area (Å²) in [5.41, 5.74) is 1.65. The van der Waals surface area contributed by atoms with Crippen LogP contribution < -0.4 is 4.74 Å². The molecule has 0 aliphatic carbocycles. The number of para-hydroxylation sites is 2. The summed E-state index contributed by atoms with van der Waals surface area (Å²) in [5.74, 6) is 0.206. The maximum absolute atomic E-state index is 14.1. The highest BCUT2D eigenvalue weighted by atomic mass is 35.5. The first-order valence-electron chi connectivity index (χ1n) is 5.85. The molecule has 2 aromatic carbocycles. The van der Waals surface area contributed by atoms with Crippen molar-refractivity contribution in [2.45, 2.75) is 0 Å². The Morgan fingerprint density at radius 2 is 2.00 bits per heavy atom. The molecule has 0 aliphatic rings. The number of aromatic nitrogens is 2. The molecule has 1 heterocycles. The smallest absolute Gasteiger partial charge is 0.183 e. The highest BCUT2D eigenvalue weighted by Crippen LogP contribution is 2.31. The van der Waals surface area contributed by atoms with Crippen LogP contribution in [-0.2, 0) is 0 Å².